The van der Waals surface area contributed by atoms with Gasteiger partial charge in [-0.05, 0) is 34.6 Å². The molecule has 0 bridgehead atoms. The summed E-state index contributed by atoms with van der Waals surface area (Å²) in [5.41, 5.74) is 0.293. The van der Waals surface area contributed by atoms with Crippen LogP contribution in [0.3, 0.4) is 0 Å². The minimum atomic E-state index is -3.86. The van der Waals surface area contributed by atoms with Crippen LogP contribution in [0.1, 0.15) is 32.2 Å². The zero-order chi connectivity index (χ0) is 15.0. The Morgan fingerprint density at radius 2 is 1.89 bits per heavy atom. The van der Waals surface area contributed by atoms with Crippen LogP contribution >= 0.6 is 10.7 Å². The number of aromatic nitrogens is 2. The highest BCUT2D eigenvalue weighted by Crippen LogP contribution is 2.22. The molecule has 6 nitrogen and oxygen atoms in total. The predicted molar refractivity (Wildman–Crippen MR) is 72.6 cm³/mol. The average molecular weight is 308 g/mol. The van der Waals surface area contributed by atoms with Gasteiger partial charge in [0, 0.05) is 16.2 Å². The third-order valence-electron chi connectivity index (χ3n) is 2.37. The maximum Gasteiger partial charge on any atom is 0.264 e. The molecular weight excluding hydrogens is 290 g/mol. The van der Waals surface area contributed by atoms with Crippen LogP contribution in [0.2, 0.25) is 0 Å². The summed E-state index contributed by atoms with van der Waals surface area (Å²) in [4.78, 5) is 11.8. The quantitative estimate of drug-likeness (QED) is 0.855. The summed E-state index contributed by atoms with van der Waals surface area (Å²) in [5.74, 6) is -0.239. The van der Waals surface area contributed by atoms with Gasteiger partial charge in [0.05, 0.1) is 11.4 Å². The van der Waals surface area contributed by atoms with Crippen molar-refractivity contribution in [1.82, 2.24) is 15.1 Å². The maximum atomic E-state index is 11.8. The molecule has 0 aliphatic heterocycles. The van der Waals surface area contributed by atoms with Crippen molar-refractivity contribution in [1.29, 1.82) is 0 Å². The lowest BCUT2D eigenvalue weighted by Gasteiger charge is -2.20. The fourth-order valence-corrected chi connectivity index (χ4v) is 3.30. The van der Waals surface area contributed by atoms with E-state index in [1.54, 1.807) is 13.8 Å². The van der Waals surface area contributed by atoms with Gasteiger partial charge in [-0.15, -0.1) is 0 Å². The number of nitrogens with one attached hydrogen (secondary N) is 1. The lowest BCUT2D eigenvalue weighted by Crippen LogP contribution is -2.42. The fraction of sp³-hybridized carbons (Fsp3) is 0.636. The Kier molecular flexibility index (Phi) is 4.31. The molecule has 0 aliphatic carbocycles. The van der Waals surface area contributed by atoms with Gasteiger partial charge < -0.3 is 5.32 Å². The lowest BCUT2D eigenvalue weighted by atomic mass is 10.1. The smallest absolute Gasteiger partial charge is 0.264 e. The molecule has 1 aromatic heterocycles. The summed E-state index contributed by atoms with van der Waals surface area (Å²) < 4.78 is 24.2. The summed E-state index contributed by atoms with van der Waals surface area (Å²) in [5, 5.41) is 6.82. The molecule has 0 radical (unpaired) electrons. The largest absolute Gasteiger partial charge is 0.350 e. The van der Waals surface area contributed by atoms with Crippen molar-refractivity contribution >= 4 is 25.6 Å². The minimum absolute atomic E-state index is 0.0299. The molecule has 0 saturated heterocycles. The number of hydrogen-bond donors (Lipinski definition) is 1. The van der Waals surface area contributed by atoms with Gasteiger partial charge in [-0.25, -0.2) is 8.42 Å². The average Bonchev–Trinajstić information content (AvgIpc) is 2.36. The van der Waals surface area contributed by atoms with Gasteiger partial charge >= 0.3 is 0 Å². The molecule has 1 amide bonds. The van der Waals surface area contributed by atoms with E-state index in [2.05, 4.69) is 10.4 Å². The molecule has 1 aromatic rings. The summed E-state index contributed by atoms with van der Waals surface area (Å²) in [6, 6.07) is 0. The highest BCUT2D eigenvalue weighted by Gasteiger charge is 2.24. The third-order valence-corrected chi connectivity index (χ3v) is 3.91. The molecule has 0 saturated carbocycles. The molecule has 0 fully saturated rings. The molecule has 108 valence electrons. The molecule has 0 unspecified atom stereocenters. The topological polar surface area (TPSA) is 81.1 Å². The van der Waals surface area contributed by atoms with Gasteiger partial charge in [0.15, 0.2) is 0 Å². The number of carbonyl (C=O) groups is 1. The van der Waals surface area contributed by atoms with Crippen LogP contribution in [0.25, 0.3) is 0 Å². The molecular formula is C11H18ClN3O3S. The standard InChI is InChI=1S/C11H18ClN3O3S/c1-7-10(19(12,17)18)8(2)15(14-7)6-9(16)13-11(3,4)5/h6H2,1-5H3,(H,13,16). The normalized spacial score (nSPS) is 12.5. The number of halogens is 1. The van der Waals surface area contributed by atoms with Crippen LogP contribution in [0.15, 0.2) is 4.90 Å². The number of rotatable bonds is 3. The van der Waals surface area contributed by atoms with E-state index in [1.165, 1.54) is 4.68 Å². The first-order valence-corrected chi connectivity index (χ1v) is 8.02. The highest BCUT2D eigenvalue weighted by molar-refractivity contribution is 8.13. The molecule has 0 aromatic carbocycles. The van der Waals surface area contributed by atoms with Gasteiger partial charge in [0.25, 0.3) is 9.05 Å². The van der Waals surface area contributed by atoms with Crippen molar-refractivity contribution in [2.24, 2.45) is 0 Å². The first-order chi connectivity index (χ1) is 8.42. The SMILES string of the molecule is Cc1nn(CC(=O)NC(C)(C)C)c(C)c1S(=O)(=O)Cl. The van der Waals surface area contributed by atoms with E-state index >= 15 is 0 Å². The van der Waals surface area contributed by atoms with Gasteiger partial charge in [0.1, 0.15) is 11.4 Å². The Morgan fingerprint density at radius 1 is 1.37 bits per heavy atom. The van der Waals surface area contributed by atoms with E-state index in [1.807, 2.05) is 20.8 Å². The van der Waals surface area contributed by atoms with Gasteiger partial charge in [-0.1, -0.05) is 0 Å². The summed E-state index contributed by atoms with van der Waals surface area (Å²) in [6.45, 7) is 8.65. The number of amides is 1. The second kappa shape index (κ2) is 5.13. The second-order valence-corrected chi connectivity index (χ2v) is 7.90. The van der Waals surface area contributed by atoms with Gasteiger partial charge in [-0.2, -0.15) is 5.10 Å². The third kappa shape index (κ3) is 4.21. The number of hydrogen-bond acceptors (Lipinski definition) is 4. The van der Waals surface area contributed by atoms with Crippen LogP contribution in [0, 0.1) is 13.8 Å². The molecule has 1 rings (SSSR count). The van der Waals surface area contributed by atoms with Crippen molar-refractivity contribution in [2.75, 3.05) is 0 Å². The Morgan fingerprint density at radius 3 is 2.26 bits per heavy atom. The van der Waals surface area contributed by atoms with Crippen molar-refractivity contribution in [3.05, 3.63) is 11.4 Å². The van der Waals surface area contributed by atoms with Crippen LogP contribution in [0.4, 0.5) is 0 Å². The molecule has 8 heteroatoms. The van der Waals surface area contributed by atoms with E-state index in [0.717, 1.165) is 0 Å². The monoisotopic (exact) mass is 307 g/mol. The zero-order valence-electron chi connectivity index (χ0n) is 11.6. The number of carbonyl (C=O) groups excluding carboxylic acids is 1. The Labute approximate surface area is 117 Å². The van der Waals surface area contributed by atoms with Crippen molar-refractivity contribution < 1.29 is 13.2 Å². The number of nitrogens with zero attached hydrogens (tertiary/aromatic N) is 2. The summed E-state index contributed by atoms with van der Waals surface area (Å²) in [7, 11) is 1.49. The Hall–Kier alpha value is -1.08. The summed E-state index contributed by atoms with van der Waals surface area (Å²) in [6.07, 6.45) is 0. The molecule has 1 N–H and O–H groups in total. The highest BCUT2D eigenvalue weighted by atomic mass is 35.7. The molecule has 0 spiro atoms. The zero-order valence-corrected chi connectivity index (χ0v) is 13.2. The van der Waals surface area contributed by atoms with Crippen molar-refractivity contribution in [2.45, 2.75) is 51.6 Å². The second-order valence-electron chi connectivity index (χ2n) is 5.39. The molecule has 0 aliphatic rings. The van der Waals surface area contributed by atoms with Gasteiger partial charge in [0.2, 0.25) is 5.91 Å². The number of aryl methyl sites for hydroxylation is 1. The predicted octanol–water partition coefficient (Wildman–Crippen LogP) is 1.34. The summed E-state index contributed by atoms with van der Waals surface area (Å²) >= 11 is 0. The fourth-order valence-electron chi connectivity index (χ4n) is 1.78. The van der Waals surface area contributed by atoms with Crippen LogP contribution in [-0.4, -0.2) is 29.6 Å². The Bertz CT molecular complexity index is 599. The first kappa shape index (κ1) is 16.0. The first-order valence-electron chi connectivity index (χ1n) is 5.71. The van der Waals surface area contributed by atoms with E-state index < -0.39 is 9.05 Å². The van der Waals surface area contributed by atoms with E-state index in [4.69, 9.17) is 10.7 Å². The molecule has 19 heavy (non-hydrogen) atoms. The van der Waals surface area contributed by atoms with Crippen LogP contribution < -0.4 is 5.32 Å². The molecule has 1 heterocycles. The van der Waals surface area contributed by atoms with Crippen molar-refractivity contribution in [3.63, 3.8) is 0 Å². The van der Waals surface area contributed by atoms with Crippen molar-refractivity contribution in [3.8, 4) is 0 Å². The van der Waals surface area contributed by atoms with E-state index in [-0.39, 0.29) is 28.6 Å². The van der Waals surface area contributed by atoms with E-state index in [0.29, 0.717) is 5.69 Å². The minimum Gasteiger partial charge on any atom is -0.350 e. The maximum absolute atomic E-state index is 11.8. The van der Waals surface area contributed by atoms with E-state index in [9.17, 15) is 13.2 Å². The van der Waals surface area contributed by atoms with Crippen LogP contribution in [0.5, 0.6) is 0 Å². The lowest BCUT2D eigenvalue weighted by molar-refractivity contribution is -0.123. The van der Waals surface area contributed by atoms with Crippen LogP contribution in [-0.2, 0) is 20.4 Å². The Balaban J connectivity index is 3.03. The molecule has 0 atom stereocenters. The van der Waals surface area contributed by atoms with Gasteiger partial charge in [-0.3, -0.25) is 9.48 Å².